The molecular formula is C15H14O. The molecule has 1 nitrogen and oxygen atoms in total. The predicted octanol–water partition coefficient (Wildman–Crippen LogP) is 3.81. The minimum Gasteiger partial charge on any atom is -0.508 e. The third-order valence-electron chi connectivity index (χ3n) is 2.54. The molecule has 0 aliphatic heterocycles. The van der Waals surface area contributed by atoms with Crippen LogP contribution in [0.5, 0.6) is 0 Å². The van der Waals surface area contributed by atoms with E-state index in [2.05, 4.69) is 18.7 Å². The fourth-order valence-corrected chi connectivity index (χ4v) is 1.65. The van der Waals surface area contributed by atoms with Gasteiger partial charge in [0.2, 0.25) is 0 Å². The Bertz CT molecular complexity index is 469. The largest absolute Gasteiger partial charge is 0.508 e. The third kappa shape index (κ3) is 2.51. The van der Waals surface area contributed by atoms with Crippen LogP contribution in [0.4, 0.5) is 0 Å². The molecule has 0 amide bonds. The van der Waals surface area contributed by atoms with Crippen molar-refractivity contribution in [1.29, 1.82) is 0 Å². The monoisotopic (exact) mass is 210 g/mol. The van der Waals surface area contributed by atoms with E-state index < -0.39 is 0 Å². The fraction of sp³-hybridized carbons (Fsp3) is 0.0667. The Balaban J connectivity index is 2.14. The van der Waals surface area contributed by atoms with Crippen molar-refractivity contribution in [2.45, 2.75) is 6.42 Å². The number of aliphatic hydroxyl groups excluding tert-OH is 1. The molecule has 0 atom stereocenters. The molecule has 0 aliphatic carbocycles. The lowest BCUT2D eigenvalue weighted by Gasteiger charge is -2.03. The van der Waals surface area contributed by atoms with Gasteiger partial charge < -0.3 is 5.11 Å². The van der Waals surface area contributed by atoms with Crippen LogP contribution in [0.25, 0.3) is 5.76 Å². The maximum atomic E-state index is 9.21. The summed E-state index contributed by atoms with van der Waals surface area (Å²) in [6, 6.07) is 18.1. The third-order valence-corrected chi connectivity index (χ3v) is 2.54. The summed E-state index contributed by atoms with van der Waals surface area (Å²) in [6.45, 7) is 3.49. The van der Waals surface area contributed by atoms with Crippen molar-refractivity contribution in [3.63, 3.8) is 0 Å². The zero-order valence-corrected chi connectivity index (χ0v) is 9.06. The minimum absolute atomic E-state index is 0.117. The van der Waals surface area contributed by atoms with Gasteiger partial charge in [0.1, 0.15) is 5.76 Å². The van der Waals surface area contributed by atoms with Crippen LogP contribution in [-0.4, -0.2) is 5.11 Å². The van der Waals surface area contributed by atoms with Gasteiger partial charge in [-0.1, -0.05) is 61.2 Å². The fourth-order valence-electron chi connectivity index (χ4n) is 1.65. The summed E-state index contributed by atoms with van der Waals surface area (Å²) in [5.74, 6) is 0.117. The normalized spacial score (nSPS) is 10.0. The summed E-state index contributed by atoms with van der Waals surface area (Å²) < 4.78 is 0. The molecule has 2 rings (SSSR count). The minimum atomic E-state index is 0.117. The molecule has 0 radical (unpaired) electrons. The average Bonchev–Trinajstić information content (AvgIpc) is 2.31. The highest BCUT2D eigenvalue weighted by Crippen LogP contribution is 2.13. The number of rotatable bonds is 3. The van der Waals surface area contributed by atoms with Crippen molar-refractivity contribution in [2.24, 2.45) is 0 Å². The van der Waals surface area contributed by atoms with Gasteiger partial charge in [-0.05, 0) is 17.5 Å². The Morgan fingerprint density at radius 2 is 1.44 bits per heavy atom. The molecule has 0 unspecified atom stereocenters. The lowest BCUT2D eigenvalue weighted by Crippen LogP contribution is -1.88. The standard InChI is InChI=1S/C15H14O/c1-12(16)15-9-7-14(8-10-15)11-13-5-3-2-4-6-13/h2-10,16H,1,11H2. The second-order valence-electron chi connectivity index (χ2n) is 3.81. The summed E-state index contributed by atoms with van der Waals surface area (Å²) in [4.78, 5) is 0. The van der Waals surface area contributed by atoms with Crippen molar-refractivity contribution in [3.8, 4) is 0 Å². The smallest absolute Gasteiger partial charge is 0.115 e. The summed E-state index contributed by atoms with van der Waals surface area (Å²) in [7, 11) is 0. The average molecular weight is 210 g/mol. The number of hydrogen-bond donors (Lipinski definition) is 1. The highest BCUT2D eigenvalue weighted by atomic mass is 16.3. The van der Waals surface area contributed by atoms with Crippen LogP contribution in [-0.2, 0) is 6.42 Å². The van der Waals surface area contributed by atoms with E-state index in [1.165, 1.54) is 11.1 Å². The van der Waals surface area contributed by atoms with E-state index in [0.717, 1.165) is 12.0 Å². The van der Waals surface area contributed by atoms with Crippen molar-refractivity contribution < 1.29 is 5.11 Å². The van der Waals surface area contributed by atoms with E-state index in [9.17, 15) is 5.11 Å². The van der Waals surface area contributed by atoms with Gasteiger partial charge in [0.15, 0.2) is 0 Å². The van der Waals surface area contributed by atoms with Gasteiger partial charge in [-0.25, -0.2) is 0 Å². The summed E-state index contributed by atoms with van der Waals surface area (Å²) >= 11 is 0. The van der Waals surface area contributed by atoms with Crippen molar-refractivity contribution >= 4 is 5.76 Å². The first-order valence-electron chi connectivity index (χ1n) is 5.27. The van der Waals surface area contributed by atoms with Gasteiger partial charge in [0.05, 0.1) is 0 Å². The van der Waals surface area contributed by atoms with Gasteiger partial charge in [0.25, 0.3) is 0 Å². The molecule has 0 spiro atoms. The SMILES string of the molecule is C=C(O)c1ccc(Cc2ccccc2)cc1. The second-order valence-corrected chi connectivity index (χ2v) is 3.81. The van der Waals surface area contributed by atoms with Crippen LogP contribution in [0.1, 0.15) is 16.7 Å². The van der Waals surface area contributed by atoms with Crippen molar-refractivity contribution in [3.05, 3.63) is 77.9 Å². The molecule has 0 aromatic heterocycles. The molecule has 0 saturated heterocycles. The Morgan fingerprint density at radius 3 is 2.00 bits per heavy atom. The van der Waals surface area contributed by atoms with Crippen LogP contribution in [0.15, 0.2) is 61.2 Å². The molecule has 0 saturated carbocycles. The molecule has 0 fully saturated rings. The Hall–Kier alpha value is -2.02. The van der Waals surface area contributed by atoms with Gasteiger partial charge in [-0.3, -0.25) is 0 Å². The molecule has 0 heterocycles. The number of aliphatic hydroxyl groups is 1. The Labute approximate surface area is 95.7 Å². The maximum Gasteiger partial charge on any atom is 0.115 e. The summed E-state index contributed by atoms with van der Waals surface area (Å²) in [5, 5.41) is 9.21. The zero-order valence-electron chi connectivity index (χ0n) is 9.06. The number of hydrogen-bond acceptors (Lipinski definition) is 1. The van der Waals surface area contributed by atoms with Gasteiger partial charge >= 0.3 is 0 Å². The molecule has 80 valence electrons. The molecule has 1 heteroatoms. The van der Waals surface area contributed by atoms with Crippen LogP contribution < -0.4 is 0 Å². The summed E-state index contributed by atoms with van der Waals surface area (Å²) in [5.41, 5.74) is 3.30. The van der Waals surface area contributed by atoms with E-state index in [-0.39, 0.29) is 5.76 Å². The molecule has 2 aromatic carbocycles. The van der Waals surface area contributed by atoms with Crippen LogP contribution in [0.3, 0.4) is 0 Å². The van der Waals surface area contributed by atoms with Crippen LogP contribution in [0, 0.1) is 0 Å². The topological polar surface area (TPSA) is 20.2 Å². The molecule has 1 N–H and O–H groups in total. The van der Waals surface area contributed by atoms with Gasteiger partial charge in [-0.2, -0.15) is 0 Å². The van der Waals surface area contributed by atoms with E-state index in [4.69, 9.17) is 0 Å². The lowest BCUT2D eigenvalue weighted by molar-refractivity contribution is 0.514. The highest BCUT2D eigenvalue weighted by molar-refractivity contribution is 5.56. The van der Waals surface area contributed by atoms with Gasteiger partial charge in [0, 0.05) is 5.56 Å². The van der Waals surface area contributed by atoms with E-state index >= 15 is 0 Å². The first-order chi connectivity index (χ1) is 7.75. The Morgan fingerprint density at radius 1 is 0.875 bits per heavy atom. The number of benzene rings is 2. The molecule has 0 bridgehead atoms. The summed E-state index contributed by atoms with van der Waals surface area (Å²) in [6.07, 6.45) is 0.916. The zero-order chi connectivity index (χ0) is 11.4. The first-order valence-corrected chi connectivity index (χ1v) is 5.27. The Kier molecular flexibility index (Phi) is 3.06. The lowest BCUT2D eigenvalue weighted by atomic mass is 10.0. The predicted molar refractivity (Wildman–Crippen MR) is 67.4 cm³/mol. The molecular weight excluding hydrogens is 196 g/mol. The van der Waals surface area contributed by atoms with Crippen LogP contribution >= 0.6 is 0 Å². The van der Waals surface area contributed by atoms with Crippen molar-refractivity contribution in [1.82, 2.24) is 0 Å². The first kappa shape index (κ1) is 10.5. The second kappa shape index (κ2) is 4.67. The van der Waals surface area contributed by atoms with E-state index in [0.29, 0.717) is 0 Å². The van der Waals surface area contributed by atoms with Crippen molar-refractivity contribution in [2.75, 3.05) is 0 Å². The quantitative estimate of drug-likeness (QED) is 0.764. The molecule has 2 aromatic rings. The van der Waals surface area contributed by atoms with E-state index in [1.54, 1.807) is 0 Å². The molecule has 0 aliphatic rings. The highest BCUT2D eigenvalue weighted by Gasteiger charge is 1.98. The van der Waals surface area contributed by atoms with E-state index in [1.807, 2.05) is 42.5 Å². The molecule has 16 heavy (non-hydrogen) atoms. The maximum absolute atomic E-state index is 9.21. The van der Waals surface area contributed by atoms with Gasteiger partial charge in [-0.15, -0.1) is 0 Å². The van der Waals surface area contributed by atoms with Crippen LogP contribution in [0.2, 0.25) is 0 Å².